The Balaban J connectivity index is 2.30. The molecule has 0 aromatic carbocycles. The maximum absolute atomic E-state index is 11.0. The minimum atomic E-state index is -0.833. The van der Waals surface area contributed by atoms with Crippen molar-refractivity contribution in [2.45, 2.75) is 32.1 Å². The Kier molecular flexibility index (Phi) is 2.91. The zero-order chi connectivity index (χ0) is 11.7. The standard InChI is InChI=1S/C10H12N2O3S/c1-5(13)11-10-12-8-6(9(14)15)3-2-4-7(8)16-10/h6H,2-4H2,1H3,(H,14,15)(H,11,12,13)/t6-/m0/s1. The van der Waals surface area contributed by atoms with E-state index in [1.165, 1.54) is 18.3 Å². The molecule has 0 spiro atoms. The van der Waals surface area contributed by atoms with E-state index in [4.69, 9.17) is 5.11 Å². The van der Waals surface area contributed by atoms with Gasteiger partial charge in [-0.1, -0.05) is 0 Å². The zero-order valence-electron chi connectivity index (χ0n) is 8.82. The van der Waals surface area contributed by atoms with Crippen LogP contribution in [0.15, 0.2) is 0 Å². The fraction of sp³-hybridized carbons (Fsp3) is 0.500. The van der Waals surface area contributed by atoms with Crippen LogP contribution in [0.5, 0.6) is 0 Å². The second kappa shape index (κ2) is 4.21. The molecule has 1 aliphatic carbocycles. The molecule has 5 nitrogen and oxygen atoms in total. The van der Waals surface area contributed by atoms with Crippen LogP contribution < -0.4 is 5.32 Å². The number of aliphatic carboxylic acids is 1. The monoisotopic (exact) mass is 240 g/mol. The molecule has 0 fully saturated rings. The number of hydrogen-bond donors (Lipinski definition) is 2. The van der Waals surface area contributed by atoms with E-state index in [1.807, 2.05) is 0 Å². The molecule has 1 atom stereocenters. The summed E-state index contributed by atoms with van der Waals surface area (Å²) in [7, 11) is 0. The van der Waals surface area contributed by atoms with Gasteiger partial charge in [-0.3, -0.25) is 9.59 Å². The van der Waals surface area contributed by atoms with Gasteiger partial charge in [-0.05, 0) is 19.3 Å². The maximum Gasteiger partial charge on any atom is 0.312 e. The first-order valence-corrected chi connectivity index (χ1v) is 5.89. The molecule has 1 amide bonds. The van der Waals surface area contributed by atoms with Gasteiger partial charge < -0.3 is 10.4 Å². The lowest BCUT2D eigenvalue weighted by atomic mass is 9.91. The van der Waals surface area contributed by atoms with E-state index in [0.29, 0.717) is 17.2 Å². The van der Waals surface area contributed by atoms with Crippen molar-refractivity contribution in [1.29, 1.82) is 0 Å². The predicted molar refractivity (Wildman–Crippen MR) is 59.7 cm³/mol. The van der Waals surface area contributed by atoms with E-state index in [2.05, 4.69) is 10.3 Å². The van der Waals surface area contributed by atoms with Crippen LogP contribution in [0.2, 0.25) is 0 Å². The first-order chi connectivity index (χ1) is 7.58. The van der Waals surface area contributed by atoms with Gasteiger partial charge in [0, 0.05) is 11.8 Å². The van der Waals surface area contributed by atoms with Crippen LogP contribution in [0, 0.1) is 0 Å². The topological polar surface area (TPSA) is 79.3 Å². The van der Waals surface area contributed by atoms with Crippen LogP contribution in [0.3, 0.4) is 0 Å². The largest absolute Gasteiger partial charge is 0.481 e. The van der Waals surface area contributed by atoms with Crippen LogP contribution in [0.25, 0.3) is 0 Å². The number of rotatable bonds is 2. The summed E-state index contributed by atoms with van der Waals surface area (Å²) in [5.41, 5.74) is 0.632. The molecule has 0 aliphatic heterocycles. The van der Waals surface area contributed by atoms with Crippen LogP contribution in [-0.4, -0.2) is 22.0 Å². The normalized spacial score (nSPS) is 18.9. The number of nitrogens with one attached hydrogen (secondary N) is 1. The van der Waals surface area contributed by atoms with Gasteiger partial charge in [0.15, 0.2) is 5.13 Å². The van der Waals surface area contributed by atoms with E-state index >= 15 is 0 Å². The number of carboxylic acid groups (broad SMARTS) is 1. The van der Waals surface area contributed by atoms with Crippen LogP contribution in [0.1, 0.15) is 36.3 Å². The summed E-state index contributed by atoms with van der Waals surface area (Å²) in [4.78, 5) is 27.1. The van der Waals surface area contributed by atoms with Gasteiger partial charge in [0.05, 0.1) is 5.69 Å². The summed E-state index contributed by atoms with van der Waals surface area (Å²) < 4.78 is 0. The number of aryl methyl sites for hydroxylation is 1. The highest BCUT2D eigenvalue weighted by molar-refractivity contribution is 7.15. The molecule has 1 aromatic rings. The van der Waals surface area contributed by atoms with Gasteiger partial charge in [0.25, 0.3) is 0 Å². The van der Waals surface area contributed by atoms with Gasteiger partial charge in [0.1, 0.15) is 5.92 Å². The number of anilines is 1. The maximum atomic E-state index is 11.0. The minimum Gasteiger partial charge on any atom is -0.481 e. The third kappa shape index (κ3) is 2.06. The lowest BCUT2D eigenvalue weighted by Crippen LogP contribution is -2.17. The molecule has 1 aromatic heterocycles. The van der Waals surface area contributed by atoms with Crippen molar-refractivity contribution in [1.82, 2.24) is 4.98 Å². The van der Waals surface area contributed by atoms with E-state index in [-0.39, 0.29) is 5.91 Å². The lowest BCUT2D eigenvalue weighted by Gasteiger charge is -2.16. The van der Waals surface area contributed by atoms with E-state index in [0.717, 1.165) is 17.7 Å². The highest BCUT2D eigenvalue weighted by Crippen LogP contribution is 2.36. The number of amides is 1. The predicted octanol–water partition coefficient (Wildman–Crippen LogP) is 1.61. The van der Waals surface area contributed by atoms with Crippen LogP contribution in [0.4, 0.5) is 5.13 Å². The van der Waals surface area contributed by atoms with E-state index in [1.54, 1.807) is 0 Å². The second-order valence-electron chi connectivity index (χ2n) is 3.79. The molecule has 2 rings (SSSR count). The van der Waals surface area contributed by atoms with Crippen LogP contribution >= 0.6 is 11.3 Å². The molecule has 86 valence electrons. The molecular weight excluding hydrogens is 228 g/mol. The van der Waals surface area contributed by atoms with Gasteiger partial charge >= 0.3 is 5.97 Å². The first kappa shape index (κ1) is 11.1. The fourth-order valence-corrected chi connectivity index (χ4v) is 2.97. The molecule has 0 radical (unpaired) electrons. The van der Waals surface area contributed by atoms with Gasteiger partial charge in [-0.25, -0.2) is 4.98 Å². The summed E-state index contributed by atoms with van der Waals surface area (Å²) in [5, 5.41) is 12.2. The Labute approximate surface area is 96.5 Å². The van der Waals surface area contributed by atoms with Crippen LogP contribution in [-0.2, 0) is 16.0 Å². The Morgan fingerprint density at radius 1 is 1.56 bits per heavy atom. The van der Waals surface area contributed by atoms with E-state index < -0.39 is 11.9 Å². The second-order valence-corrected chi connectivity index (χ2v) is 4.88. The van der Waals surface area contributed by atoms with Crippen molar-refractivity contribution >= 4 is 28.3 Å². The number of carbonyl (C=O) groups excluding carboxylic acids is 1. The number of nitrogens with zero attached hydrogens (tertiary/aromatic N) is 1. The van der Waals surface area contributed by atoms with Crippen molar-refractivity contribution in [3.05, 3.63) is 10.6 Å². The van der Waals surface area contributed by atoms with Gasteiger partial charge in [-0.15, -0.1) is 11.3 Å². The lowest BCUT2D eigenvalue weighted by molar-refractivity contribution is -0.139. The molecule has 0 saturated carbocycles. The third-order valence-electron chi connectivity index (χ3n) is 2.54. The first-order valence-electron chi connectivity index (χ1n) is 5.08. The molecule has 0 saturated heterocycles. The summed E-state index contributed by atoms with van der Waals surface area (Å²) in [6.07, 6.45) is 2.35. The molecule has 1 heterocycles. The number of carbonyl (C=O) groups is 2. The minimum absolute atomic E-state index is 0.182. The van der Waals surface area contributed by atoms with Crippen molar-refractivity contribution in [3.8, 4) is 0 Å². The number of hydrogen-bond acceptors (Lipinski definition) is 4. The van der Waals surface area contributed by atoms with Gasteiger partial charge in [-0.2, -0.15) is 0 Å². The van der Waals surface area contributed by atoms with Crippen molar-refractivity contribution in [2.75, 3.05) is 5.32 Å². The Morgan fingerprint density at radius 2 is 2.31 bits per heavy atom. The van der Waals surface area contributed by atoms with Crippen molar-refractivity contribution in [3.63, 3.8) is 0 Å². The summed E-state index contributed by atoms with van der Waals surface area (Å²) >= 11 is 1.38. The highest BCUT2D eigenvalue weighted by atomic mass is 32.1. The van der Waals surface area contributed by atoms with Crippen molar-refractivity contribution < 1.29 is 14.7 Å². The average molecular weight is 240 g/mol. The average Bonchev–Trinajstić information content (AvgIpc) is 2.57. The fourth-order valence-electron chi connectivity index (χ4n) is 1.86. The van der Waals surface area contributed by atoms with Crippen molar-refractivity contribution in [2.24, 2.45) is 0 Å². The summed E-state index contributed by atoms with van der Waals surface area (Å²) in [6, 6.07) is 0. The summed E-state index contributed by atoms with van der Waals surface area (Å²) in [6.45, 7) is 1.41. The highest BCUT2D eigenvalue weighted by Gasteiger charge is 2.29. The quantitative estimate of drug-likeness (QED) is 0.823. The zero-order valence-corrected chi connectivity index (χ0v) is 9.63. The number of aromatic nitrogens is 1. The number of fused-ring (bicyclic) bond motifs is 1. The SMILES string of the molecule is CC(=O)Nc1nc2c(s1)CCC[C@@H]2C(=O)O. The smallest absolute Gasteiger partial charge is 0.312 e. The molecular formula is C10H12N2O3S. The van der Waals surface area contributed by atoms with E-state index in [9.17, 15) is 9.59 Å². The number of carboxylic acids is 1. The molecule has 16 heavy (non-hydrogen) atoms. The summed E-state index contributed by atoms with van der Waals surface area (Å²) in [5.74, 6) is -1.53. The molecule has 1 aliphatic rings. The number of thiazole rings is 1. The molecule has 0 unspecified atom stereocenters. The third-order valence-corrected chi connectivity index (χ3v) is 3.58. The Bertz CT molecular complexity index is 441. The molecule has 0 bridgehead atoms. The van der Waals surface area contributed by atoms with Gasteiger partial charge in [0.2, 0.25) is 5.91 Å². The Morgan fingerprint density at radius 3 is 2.94 bits per heavy atom. The molecule has 6 heteroatoms. The Hall–Kier alpha value is -1.43. The molecule has 2 N–H and O–H groups in total.